The summed E-state index contributed by atoms with van der Waals surface area (Å²) in [6.07, 6.45) is 6.28. The predicted molar refractivity (Wildman–Crippen MR) is 112 cm³/mol. The van der Waals surface area contributed by atoms with Gasteiger partial charge in [0.15, 0.2) is 0 Å². The standard InChI is InChI=1S/C22H30ClN3O2/c1-21(2)17-12-16(23)6-7-18(17)26(20(21)28)13-19(27)24-14-22(8-9-22)15-25-10-4-3-5-11-25/h6-7,12H,3-5,8-11,13-15H2,1-2H3,(H,24,27). The summed E-state index contributed by atoms with van der Waals surface area (Å²) in [7, 11) is 0. The number of nitrogens with one attached hydrogen (secondary N) is 1. The lowest BCUT2D eigenvalue weighted by Crippen LogP contribution is -2.45. The van der Waals surface area contributed by atoms with E-state index in [4.69, 9.17) is 11.6 Å². The average molecular weight is 404 g/mol. The second kappa shape index (κ2) is 7.34. The van der Waals surface area contributed by atoms with Gasteiger partial charge in [-0.15, -0.1) is 0 Å². The zero-order valence-corrected chi connectivity index (χ0v) is 17.6. The van der Waals surface area contributed by atoms with Gasteiger partial charge in [0.05, 0.1) is 5.41 Å². The fourth-order valence-electron chi connectivity index (χ4n) is 4.61. The van der Waals surface area contributed by atoms with E-state index in [9.17, 15) is 9.59 Å². The molecule has 0 atom stereocenters. The summed E-state index contributed by atoms with van der Waals surface area (Å²) in [6.45, 7) is 8.02. The van der Waals surface area contributed by atoms with Gasteiger partial charge in [-0.1, -0.05) is 18.0 Å². The molecule has 0 spiro atoms. The Balaban J connectivity index is 1.36. The highest BCUT2D eigenvalue weighted by molar-refractivity contribution is 6.31. The lowest BCUT2D eigenvalue weighted by atomic mass is 9.86. The van der Waals surface area contributed by atoms with Crippen LogP contribution in [0.25, 0.3) is 0 Å². The summed E-state index contributed by atoms with van der Waals surface area (Å²) in [5.41, 5.74) is 1.27. The van der Waals surface area contributed by atoms with Crippen molar-refractivity contribution < 1.29 is 9.59 Å². The topological polar surface area (TPSA) is 52.7 Å². The van der Waals surface area contributed by atoms with E-state index < -0.39 is 5.41 Å². The van der Waals surface area contributed by atoms with Crippen LogP contribution >= 0.6 is 11.6 Å². The Morgan fingerprint density at radius 3 is 2.57 bits per heavy atom. The Hall–Kier alpha value is -1.59. The van der Waals surface area contributed by atoms with Crippen LogP contribution in [0.3, 0.4) is 0 Å². The number of hydrogen-bond acceptors (Lipinski definition) is 3. The smallest absolute Gasteiger partial charge is 0.240 e. The summed E-state index contributed by atoms with van der Waals surface area (Å²) in [5.74, 6) is -0.133. The number of hydrogen-bond donors (Lipinski definition) is 1. The summed E-state index contributed by atoms with van der Waals surface area (Å²) in [4.78, 5) is 29.7. The third-order valence-corrected chi connectivity index (χ3v) is 6.86. The molecular weight excluding hydrogens is 374 g/mol. The molecule has 2 aliphatic heterocycles. The van der Waals surface area contributed by atoms with E-state index in [1.54, 1.807) is 11.0 Å². The quantitative estimate of drug-likeness (QED) is 0.792. The molecule has 5 nitrogen and oxygen atoms in total. The Morgan fingerprint density at radius 2 is 1.89 bits per heavy atom. The number of anilines is 1. The molecule has 1 aromatic carbocycles. The predicted octanol–water partition coefficient (Wildman–Crippen LogP) is 3.35. The third kappa shape index (κ3) is 3.79. The number of amides is 2. The first kappa shape index (κ1) is 19.7. The molecule has 2 amide bonds. The van der Waals surface area contributed by atoms with Crippen molar-refractivity contribution in [3.8, 4) is 0 Å². The largest absolute Gasteiger partial charge is 0.354 e. The molecule has 0 bridgehead atoms. The fraction of sp³-hybridized carbons (Fsp3) is 0.636. The molecular formula is C22H30ClN3O2. The maximum atomic E-state index is 12.9. The van der Waals surface area contributed by atoms with E-state index in [2.05, 4.69) is 10.2 Å². The van der Waals surface area contributed by atoms with Gasteiger partial charge in [0.1, 0.15) is 6.54 Å². The van der Waals surface area contributed by atoms with E-state index in [1.807, 2.05) is 26.0 Å². The minimum absolute atomic E-state index is 0.0469. The first-order valence-corrected chi connectivity index (χ1v) is 10.8. The van der Waals surface area contributed by atoms with E-state index in [0.29, 0.717) is 11.6 Å². The van der Waals surface area contributed by atoms with Crippen molar-refractivity contribution in [2.45, 2.75) is 51.4 Å². The molecule has 152 valence electrons. The van der Waals surface area contributed by atoms with Crippen molar-refractivity contribution in [3.63, 3.8) is 0 Å². The molecule has 1 saturated carbocycles. The third-order valence-electron chi connectivity index (χ3n) is 6.63. The number of piperidine rings is 1. The molecule has 1 aliphatic carbocycles. The van der Waals surface area contributed by atoms with Crippen molar-refractivity contribution in [1.82, 2.24) is 10.2 Å². The Kier molecular flexibility index (Phi) is 5.17. The minimum Gasteiger partial charge on any atom is -0.354 e. The fourth-order valence-corrected chi connectivity index (χ4v) is 4.78. The van der Waals surface area contributed by atoms with Crippen LogP contribution in [0, 0.1) is 5.41 Å². The van der Waals surface area contributed by atoms with Gasteiger partial charge in [-0.05, 0) is 76.4 Å². The van der Waals surface area contributed by atoms with Gasteiger partial charge in [0.25, 0.3) is 0 Å². The van der Waals surface area contributed by atoms with Crippen LogP contribution in [0.15, 0.2) is 18.2 Å². The Bertz CT molecular complexity index is 782. The molecule has 0 radical (unpaired) electrons. The van der Waals surface area contributed by atoms with E-state index in [0.717, 1.165) is 17.8 Å². The Morgan fingerprint density at radius 1 is 1.18 bits per heavy atom. The lowest BCUT2D eigenvalue weighted by Gasteiger charge is -2.30. The normalized spacial score (nSPS) is 22.8. The monoisotopic (exact) mass is 403 g/mol. The highest BCUT2D eigenvalue weighted by Gasteiger charge is 2.46. The number of rotatable bonds is 6. The van der Waals surface area contributed by atoms with E-state index >= 15 is 0 Å². The number of nitrogens with zero attached hydrogens (tertiary/aromatic N) is 2. The molecule has 0 aromatic heterocycles. The molecule has 1 saturated heterocycles. The van der Waals surface area contributed by atoms with Crippen molar-refractivity contribution in [1.29, 1.82) is 0 Å². The van der Waals surface area contributed by atoms with Crippen LogP contribution in [-0.4, -0.2) is 49.4 Å². The second-order valence-corrected chi connectivity index (χ2v) is 9.73. The van der Waals surface area contributed by atoms with Crippen LogP contribution < -0.4 is 10.2 Å². The van der Waals surface area contributed by atoms with Crippen LogP contribution in [0.5, 0.6) is 0 Å². The minimum atomic E-state index is -0.660. The lowest BCUT2D eigenvalue weighted by molar-refractivity contribution is -0.125. The molecule has 6 heteroatoms. The van der Waals surface area contributed by atoms with Crippen LogP contribution in [0.4, 0.5) is 5.69 Å². The maximum absolute atomic E-state index is 12.9. The highest BCUT2D eigenvalue weighted by atomic mass is 35.5. The molecule has 28 heavy (non-hydrogen) atoms. The molecule has 1 N–H and O–H groups in total. The highest BCUT2D eigenvalue weighted by Crippen LogP contribution is 2.46. The van der Waals surface area contributed by atoms with Crippen LogP contribution in [0.1, 0.15) is 51.5 Å². The summed E-state index contributed by atoms with van der Waals surface area (Å²) in [5, 5.41) is 3.72. The number of carbonyl (C=O) groups is 2. The second-order valence-electron chi connectivity index (χ2n) is 9.29. The van der Waals surface area contributed by atoms with E-state index in [1.165, 1.54) is 45.2 Å². The molecule has 4 rings (SSSR count). The van der Waals surface area contributed by atoms with Gasteiger partial charge in [-0.2, -0.15) is 0 Å². The number of likely N-dealkylation sites (tertiary alicyclic amines) is 1. The maximum Gasteiger partial charge on any atom is 0.240 e. The SMILES string of the molecule is CC1(C)C(=O)N(CC(=O)NCC2(CN3CCCCC3)CC2)c2ccc(Cl)cc21. The van der Waals surface area contributed by atoms with Gasteiger partial charge in [-0.25, -0.2) is 0 Å². The molecule has 3 aliphatic rings. The number of carbonyl (C=O) groups excluding carboxylic acids is 2. The van der Waals surface area contributed by atoms with E-state index in [-0.39, 0.29) is 23.8 Å². The zero-order chi connectivity index (χ0) is 19.9. The molecule has 0 unspecified atom stereocenters. The Labute approximate surface area is 172 Å². The van der Waals surface area contributed by atoms with Crippen LogP contribution in [0.2, 0.25) is 5.02 Å². The first-order chi connectivity index (χ1) is 13.3. The zero-order valence-electron chi connectivity index (χ0n) is 16.9. The van der Waals surface area contributed by atoms with Gasteiger partial charge in [0.2, 0.25) is 11.8 Å². The number of halogens is 1. The molecule has 1 aromatic rings. The first-order valence-electron chi connectivity index (χ1n) is 10.4. The summed E-state index contributed by atoms with van der Waals surface area (Å²) < 4.78 is 0. The van der Waals surface area contributed by atoms with Crippen molar-refractivity contribution in [3.05, 3.63) is 28.8 Å². The molecule has 2 fully saturated rings. The summed E-state index contributed by atoms with van der Waals surface area (Å²) in [6, 6.07) is 5.46. The van der Waals surface area contributed by atoms with Crippen molar-refractivity contribution in [2.24, 2.45) is 5.41 Å². The average Bonchev–Trinajstić information content (AvgIpc) is 3.41. The van der Waals surface area contributed by atoms with Gasteiger partial charge >= 0.3 is 0 Å². The van der Waals surface area contributed by atoms with Gasteiger partial charge in [0, 0.05) is 29.2 Å². The number of fused-ring (bicyclic) bond motifs is 1. The van der Waals surface area contributed by atoms with Gasteiger partial charge in [-0.3, -0.25) is 9.59 Å². The number of benzene rings is 1. The van der Waals surface area contributed by atoms with Crippen LogP contribution in [-0.2, 0) is 15.0 Å². The molecule has 2 heterocycles. The summed E-state index contributed by atoms with van der Waals surface area (Å²) >= 11 is 6.13. The van der Waals surface area contributed by atoms with Crippen molar-refractivity contribution >= 4 is 29.1 Å². The van der Waals surface area contributed by atoms with Gasteiger partial charge < -0.3 is 15.1 Å². The van der Waals surface area contributed by atoms with Crippen molar-refractivity contribution in [2.75, 3.05) is 37.6 Å².